The zero-order valence-electron chi connectivity index (χ0n) is 11.7. The molecule has 104 valence electrons. The van der Waals surface area contributed by atoms with Gasteiger partial charge in [0.2, 0.25) is 0 Å². The molecular weight excluding hydrogens is 242 g/mol. The second kappa shape index (κ2) is 5.21. The van der Waals surface area contributed by atoms with Crippen LogP contribution in [0.25, 0.3) is 0 Å². The van der Waals surface area contributed by atoms with E-state index in [9.17, 15) is 9.90 Å². The van der Waals surface area contributed by atoms with E-state index in [2.05, 4.69) is 11.4 Å². The Labute approximate surface area is 113 Å². The standard InChI is InChI=1S/C15H21NO3/c1-15(2,14(17)18)9-12(16-3)10-4-5-13-11(8-10)6-7-19-13/h4-5,8,12,16H,6-7,9H2,1-3H3,(H,17,18). The lowest BCUT2D eigenvalue weighted by molar-refractivity contribution is -0.147. The molecule has 1 atom stereocenters. The van der Waals surface area contributed by atoms with Crippen molar-refractivity contribution in [1.82, 2.24) is 5.32 Å². The summed E-state index contributed by atoms with van der Waals surface area (Å²) in [6.07, 6.45) is 1.49. The number of aliphatic carboxylic acids is 1. The molecule has 1 heterocycles. The van der Waals surface area contributed by atoms with Crippen molar-refractivity contribution in [2.45, 2.75) is 32.7 Å². The van der Waals surface area contributed by atoms with Crippen molar-refractivity contribution >= 4 is 5.97 Å². The van der Waals surface area contributed by atoms with Crippen molar-refractivity contribution in [3.05, 3.63) is 29.3 Å². The number of nitrogens with one attached hydrogen (secondary N) is 1. The van der Waals surface area contributed by atoms with E-state index in [1.807, 2.05) is 19.2 Å². The molecule has 1 aromatic carbocycles. The number of hydrogen-bond acceptors (Lipinski definition) is 3. The van der Waals surface area contributed by atoms with E-state index in [0.717, 1.165) is 24.3 Å². The molecule has 0 saturated carbocycles. The Hall–Kier alpha value is -1.55. The van der Waals surface area contributed by atoms with Crippen molar-refractivity contribution in [1.29, 1.82) is 0 Å². The first-order valence-corrected chi connectivity index (χ1v) is 6.60. The number of hydrogen-bond donors (Lipinski definition) is 2. The second-order valence-electron chi connectivity index (χ2n) is 5.70. The Morgan fingerprint density at radius 2 is 2.26 bits per heavy atom. The number of carboxylic acids is 1. The maximum Gasteiger partial charge on any atom is 0.309 e. The normalized spacial score (nSPS) is 15.7. The SMILES string of the molecule is CNC(CC(C)(C)C(=O)O)c1ccc2c(c1)CCO2. The third kappa shape index (κ3) is 2.89. The van der Waals surface area contributed by atoms with Gasteiger partial charge < -0.3 is 15.2 Å². The highest BCUT2D eigenvalue weighted by molar-refractivity contribution is 5.73. The highest BCUT2D eigenvalue weighted by Crippen LogP contribution is 2.33. The van der Waals surface area contributed by atoms with Gasteiger partial charge in [0.05, 0.1) is 12.0 Å². The molecule has 0 bridgehead atoms. The third-order valence-electron chi connectivity index (χ3n) is 3.76. The van der Waals surface area contributed by atoms with E-state index in [0.29, 0.717) is 6.42 Å². The highest BCUT2D eigenvalue weighted by Gasteiger charge is 2.31. The second-order valence-corrected chi connectivity index (χ2v) is 5.70. The van der Waals surface area contributed by atoms with Crippen LogP contribution in [0.4, 0.5) is 0 Å². The largest absolute Gasteiger partial charge is 0.493 e. The highest BCUT2D eigenvalue weighted by atomic mass is 16.5. The maximum atomic E-state index is 11.2. The summed E-state index contributed by atoms with van der Waals surface area (Å²) in [5.74, 6) is 0.188. The Morgan fingerprint density at radius 1 is 1.53 bits per heavy atom. The molecule has 2 rings (SSSR count). The quantitative estimate of drug-likeness (QED) is 0.856. The van der Waals surface area contributed by atoms with Crippen LogP contribution in [0, 0.1) is 5.41 Å². The van der Waals surface area contributed by atoms with Crippen LogP contribution < -0.4 is 10.1 Å². The van der Waals surface area contributed by atoms with Gasteiger partial charge in [-0.05, 0) is 44.5 Å². The predicted molar refractivity (Wildman–Crippen MR) is 73.5 cm³/mol. The van der Waals surface area contributed by atoms with Crippen molar-refractivity contribution in [2.75, 3.05) is 13.7 Å². The lowest BCUT2D eigenvalue weighted by atomic mass is 9.83. The molecule has 0 saturated heterocycles. The van der Waals surface area contributed by atoms with Crippen molar-refractivity contribution < 1.29 is 14.6 Å². The first kappa shape index (κ1) is 13.9. The Kier molecular flexibility index (Phi) is 3.80. The molecule has 0 radical (unpaired) electrons. The van der Waals surface area contributed by atoms with Crippen LogP contribution in [0.1, 0.15) is 37.4 Å². The zero-order valence-corrected chi connectivity index (χ0v) is 11.7. The average molecular weight is 263 g/mol. The molecule has 4 nitrogen and oxygen atoms in total. The van der Waals surface area contributed by atoms with E-state index in [-0.39, 0.29) is 6.04 Å². The van der Waals surface area contributed by atoms with Gasteiger partial charge in [0, 0.05) is 12.5 Å². The number of ether oxygens (including phenoxy) is 1. The molecule has 0 aromatic heterocycles. The predicted octanol–water partition coefficient (Wildman–Crippen LogP) is 2.38. The summed E-state index contributed by atoms with van der Waals surface area (Å²) >= 11 is 0. The first-order valence-electron chi connectivity index (χ1n) is 6.60. The molecular formula is C15H21NO3. The molecule has 1 aliphatic rings. The molecule has 4 heteroatoms. The summed E-state index contributed by atoms with van der Waals surface area (Å²) in [6.45, 7) is 4.26. The fourth-order valence-corrected chi connectivity index (χ4v) is 2.41. The Morgan fingerprint density at radius 3 is 2.89 bits per heavy atom. The molecule has 1 aliphatic heterocycles. The van der Waals surface area contributed by atoms with Crippen LogP contribution in [-0.2, 0) is 11.2 Å². The lowest BCUT2D eigenvalue weighted by Gasteiger charge is -2.26. The van der Waals surface area contributed by atoms with Gasteiger partial charge in [-0.3, -0.25) is 4.79 Å². The average Bonchev–Trinajstić information content (AvgIpc) is 2.82. The fourth-order valence-electron chi connectivity index (χ4n) is 2.41. The Balaban J connectivity index is 2.20. The number of benzene rings is 1. The summed E-state index contributed by atoms with van der Waals surface area (Å²) in [4.78, 5) is 11.2. The van der Waals surface area contributed by atoms with Crippen molar-refractivity contribution in [2.24, 2.45) is 5.41 Å². The van der Waals surface area contributed by atoms with Gasteiger partial charge in [-0.25, -0.2) is 0 Å². The topological polar surface area (TPSA) is 58.6 Å². The third-order valence-corrected chi connectivity index (χ3v) is 3.76. The van der Waals surface area contributed by atoms with Crippen LogP contribution in [-0.4, -0.2) is 24.7 Å². The lowest BCUT2D eigenvalue weighted by Crippen LogP contribution is -2.30. The molecule has 0 spiro atoms. The summed E-state index contributed by atoms with van der Waals surface area (Å²) in [6, 6.07) is 6.16. The van der Waals surface area contributed by atoms with Crippen LogP contribution in [0.2, 0.25) is 0 Å². The Bertz CT molecular complexity index is 482. The maximum absolute atomic E-state index is 11.2. The number of carbonyl (C=O) groups is 1. The van der Waals surface area contributed by atoms with Gasteiger partial charge in [-0.2, -0.15) is 0 Å². The smallest absolute Gasteiger partial charge is 0.309 e. The number of carboxylic acid groups (broad SMARTS) is 1. The summed E-state index contributed by atoms with van der Waals surface area (Å²) in [5, 5.41) is 12.5. The van der Waals surface area contributed by atoms with Crippen LogP contribution in [0.3, 0.4) is 0 Å². The molecule has 0 aliphatic carbocycles. The summed E-state index contributed by atoms with van der Waals surface area (Å²) < 4.78 is 5.49. The van der Waals surface area contributed by atoms with Crippen molar-refractivity contribution in [3.8, 4) is 5.75 Å². The van der Waals surface area contributed by atoms with E-state index in [1.54, 1.807) is 13.8 Å². The molecule has 2 N–H and O–H groups in total. The van der Waals surface area contributed by atoms with Crippen LogP contribution >= 0.6 is 0 Å². The summed E-state index contributed by atoms with van der Waals surface area (Å²) in [7, 11) is 1.87. The molecule has 0 amide bonds. The minimum Gasteiger partial charge on any atom is -0.493 e. The minimum absolute atomic E-state index is 0.0389. The van der Waals surface area contributed by atoms with Crippen molar-refractivity contribution in [3.63, 3.8) is 0 Å². The van der Waals surface area contributed by atoms with E-state index >= 15 is 0 Å². The zero-order chi connectivity index (χ0) is 14.0. The van der Waals surface area contributed by atoms with E-state index < -0.39 is 11.4 Å². The fraction of sp³-hybridized carbons (Fsp3) is 0.533. The number of fused-ring (bicyclic) bond motifs is 1. The van der Waals surface area contributed by atoms with Gasteiger partial charge in [-0.15, -0.1) is 0 Å². The monoisotopic (exact) mass is 263 g/mol. The summed E-state index contributed by atoms with van der Waals surface area (Å²) in [5.41, 5.74) is 1.59. The van der Waals surface area contributed by atoms with Crippen LogP contribution in [0.15, 0.2) is 18.2 Å². The van der Waals surface area contributed by atoms with Crippen LogP contribution in [0.5, 0.6) is 5.75 Å². The van der Waals surface area contributed by atoms with Gasteiger partial charge in [0.15, 0.2) is 0 Å². The van der Waals surface area contributed by atoms with Gasteiger partial charge in [0.1, 0.15) is 5.75 Å². The van der Waals surface area contributed by atoms with Gasteiger partial charge >= 0.3 is 5.97 Å². The van der Waals surface area contributed by atoms with Gasteiger partial charge in [-0.1, -0.05) is 12.1 Å². The molecule has 19 heavy (non-hydrogen) atoms. The van der Waals surface area contributed by atoms with Gasteiger partial charge in [0.25, 0.3) is 0 Å². The minimum atomic E-state index is -0.766. The molecule has 1 aromatic rings. The first-order chi connectivity index (χ1) is 8.94. The molecule has 0 fully saturated rings. The van der Waals surface area contributed by atoms with E-state index in [1.165, 1.54) is 5.56 Å². The van der Waals surface area contributed by atoms with E-state index in [4.69, 9.17) is 4.74 Å². The number of rotatable bonds is 5. The molecule has 1 unspecified atom stereocenters.